The molecule has 2 unspecified atom stereocenters. The van der Waals surface area contributed by atoms with E-state index in [1.165, 1.54) is 0 Å². The van der Waals surface area contributed by atoms with Crippen LogP contribution in [0.4, 0.5) is 0 Å². The maximum atomic E-state index is 11.9. The average Bonchev–Trinajstić information content (AvgIpc) is 2.13. The second kappa shape index (κ2) is 4.71. The monoisotopic (exact) mass is 281 g/mol. The summed E-state index contributed by atoms with van der Waals surface area (Å²) in [4.78, 5) is 0. The highest BCUT2D eigenvalue weighted by atomic mass is 35.5. The lowest BCUT2D eigenvalue weighted by atomic mass is 9.67. The fourth-order valence-electron chi connectivity index (χ4n) is 1.79. The molecule has 0 heterocycles. The van der Waals surface area contributed by atoms with Gasteiger partial charge in [-0.05, 0) is 23.7 Å². The molecule has 0 amide bonds. The third-order valence-electron chi connectivity index (χ3n) is 3.59. The smallest absolute Gasteiger partial charge is 0.211 e. The summed E-state index contributed by atoms with van der Waals surface area (Å²) < 4.78 is 26.6. The first kappa shape index (κ1) is 15.3. The molecule has 17 heavy (non-hydrogen) atoms. The molecular formula is C12H24ClNO2S. The normalized spacial score (nSPS) is 28.8. The van der Waals surface area contributed by atoms with Gasteiger partial charge >= 0.3 is 0 Å². The van der Waals surface area contributed by atoms with Gasteiger partial charge in [-0.1, -0.05) is 34.6 Å². The molecule has 1 aliphatic rings. The van der Waals surface area contributed by atoms with Crippen LogP contribution in [0.1, 0.15) is 47.5 Å². The maximum Gasteiger partial charge on any atom is 0.211 e. The first-order valence-corrected chi connectivity index (χ1v) is 8.17. The van der Waals surface area contributed by atoms with E-state index in [-0.39, 0.29) is 28.0 Å². The van der Waals surface area contributed by atoms with E-state index in [1.807, 2.05) is 34.6 Å². The molecule has 102 valence electrons. The van der Waals surface area contributed by atoms with Gasteiger partial charge in [0.25, 0.3) is 0 Å². The van der Waals surface area contributed by atoms with E-state index in [4.69, 9.17) is 11.6 Å². The molecule has 0 radical (unpaired) electrons. The number of hydrogen-bond acceptors (Lipinski definition) is 2. The van der Waals surface area contributed by atoms with Gasteiger partial charge in [-0.3, -0.25) is 0 Å². The zero-order valence-electron chi connectivity index (χ0n) is 11.4. The second-order valence-corrected chi connectivity index (χ2v) is 9.22. The van der Waals surface area contributed by atoms with Crippen LogP contribution >= 0.6 is 11.6 Å². The Morgan fingerprint density at radius 2 is 1.88 bits per heavy atom. The van der Waals surface area contributed by atoms with Crippen molar-refractivity contribution in [3.05, 3.63) is 0 Å². The average molecular weight is 282 g/mol. The van der Waals surface area contributed by atoms with E-state index in [2.05, 4.69) is 4.72 Å². The van der Waals surface area contributed by atoms with Crippen molar-refractivity contribution >= 4 is 21.6 Å². The molecule has 0 spiro atoms. The highest BCUT2D eigenvalue weighted by Crippen LogP contribution is 2.44. The van der Waals surface area contributed by atoms with Crippen LogP contribution in [0.25, 0.3) is 0 Å². The molecule has 0 aromatic heterocycles. The first-order chi connectivity index (χ1) is 7.44. The summed E-state index contributed by atoms with van der Waals surface area (Å²) in [5.74, 6) is 0.191. The lowest BCUT2D eigenvalue weighted by Crippen LogP contribution is -2.59. The van der Waals surface area contributed by atoms with Crippen LogP contribution < -0.4 is 4.72 Å². The molecule has 0 aliphatic heterocycles. The highest BCUT2D eigenvalue weighted by Gasteiger charge is 2.48. The van der Waals surface area contributed by atoms with Gasteiger partial charge in [-0.25, -0.2) is 13.1 Å². The molecule has 1 saturated carbocycles. The minimum atomic E-state index is -3.18. The summed E-state index contributed by atoms with van der Waals surface area (Å²) in [5.41, 5.74) is -0.102. The topological polar surface area (TPSA) is 46.2 Å². The van der Waals surface area contributed by atoms with Crippen molar-refractivity contribution in [3.63, 3.8) is 0 Å². The molecule has 1 rings (SSSR count). The molecular weight excluding hydrogens is 258 g/mol. The van der Waals surface area contributed by atoms with Crippen LogP contribution in [-0.2, 0) is 10.0 Å². The summed E-state index contributed by atoms with van der Waals surface area (Å²) in [5, 5.41) is 0.0674. The lowest BCUT2D eigenvalue weighted by Gasteiger charge is -2.49. The van der Waals surface area contributed by atoms with E-state index >= 15 is 0 Å². The predicted octanol–water partition coefficient (Wildman–Crippen LogP) is 2.75. The van der Waals surface area contributed by atoms with E-state index in [9.17, 15) is 8.42 Å². The molecule has 0 bridgehead atoms. The largest absolute Gasteiger partial charge is 0.212 e. The van der Waals surface area contributed by atoms with Gasteiger partial charge in [0.1, 0.15) is 0 Å². The van der Waals surface area contributed by atoms with E-state index in [1.54, 1.807) is 0 Å². The van der Waals surface area contributed by atoms with Gasteiger partial charge in [0.05, 0.1) is 5.75 Å². The number of alkyl halides is 1. The molecule has 3 nitrogen and oxygen atoms in total. The fraction of sp³-hybridized carbons (Fsp3) is 1.00. The molecule has 1 aliphatic carbocycles. The third-order valence-corrected chi connectivity index (χ3v) is 5.72. The van der Waals surface area contributed by atoms with E-state index < -0.39 is 10.0 Å². The molecule has 1 fully saturated rings. The van der Waals surface area contributed by atoms with Crippen molar-refractivity contribution in [2.75, 3.05) is 5.75 Å². The molecule has 0 saturated heterocycles. The quantitative estimate of drug-likeness (QED) is 0.806. The van der Waals surface area contributed by atoms with Crippen molar-refractivity contribution in [3.8, 4) is 0 Å². The van der Waals surface area contributed by atoms with Gasteiger partial charge in [-0.15, -0.1) is 11.6 Å². The third kappa shape index (κ3) is 4.11. The lowest BCUT2D eigenvalue weighted by molar-refractivity contribution is 0.137. The Labute approximate surface area is 110 Å². The molecule has 0 aromatic rings. The van der Waals surface area contributed by atoms with Gasteiger partial charge in [-0.2, -0.15) is 0 Å². The summed E-state index contributed by atoms with van der Waals surface area (Å²) in [6, 6.07) is -0.0185. The van der Waals surface area contributed by atoms with Crippen LogP contribution in [0.3, 0.4) is 0 Å². The Morgan fingerprint density at radius 1 is 1.35 bits per heavy atom. The number of hydrogen-bond donors (Lipinski definition) is 1. The van der Waals surface area contributed by atoms with Gasteiger partial charge < -0.3 is 0 Å². The van der Waals surface area contributed by atoms with Crippen molar-refractivity contribution in [1.29, 1.82) is 0 Å². The molecule has 1 N–H and O–H groups in total. The van der Waals surface area contributed by atoms with Gasteiger partial charge in [0.15, 0.2) is 0 Å². The molecule has 0 aromatic carbocycles. The molecule has 5 heteroatoms. The number of nitrogens with one attached hydrogen (secondary N) is 1. The minimum absolute atomic E-state index is 0.0185. The van der Waals surface area contributed by atoms with Crippen molar-refractivity contribution < 1.29 is 8.42 Å². The number of sulfonamides is 1. The van der Waals surface area contributed by atoms with Crippen molar-refractivity contribution in [2.45, 2.75) is 58.9 Å². The summed E-state index contributed by atoms with van der Waals surface area (Å²) in [6.07, 6.45) is 1.39. The second-order valence-electron chi connectivity index (χ2n) is 6.82. The Morgan fingerprint density at radius 3 is 2.24 bits per heavy atom. The fourth-order valence-corrected chi connectivity index (χ4v) is 3.95. The Hall–Kier alpha value is 0.200. The van der Waals surface area contributed by atoms with E-state index in [0.29, 0.717) is 6.42 Å². The van der Waals surface area contributed by atoms with Gasteiger partial charge in [0, 0.05) is 11.4 Å². The SMILES string of the molecule is CC(C)(C)CCS(=O)(=O)NC1CC(Cl)C1(C)C. The van der Waals surface area contributed by atoms with Crippen LogP contribution in [0.5, 0.6) is 0 Å². The molecule has 2 atom stereocenters. The summed E-state index contributed by atoms with van der Waals surface area (Å²) in [7, 11) is -3.18. The van der Waals surface area contributed by atoms with Gasteiger partial charge in [0.2, 0.25) is 10.0 Å². The Kier molecular flexibility index (Phi) is 4.22. The Bertz CT molecular complexity index is 370. The number of halogens is 1. The maximum absolute atomic E-state index is 11.9. The zero-order valence-corrected chi connectivity index (χ0v) is 13.0. The highest BCUT2D eigenvalue weighted by molar-refractivity contribution is 7.89. The van der Waals surface area contributed by atoms with Crippen LogP contribution in [0.2, 0.25) is 0 Å². The zero-order chi connectivity index (χ0) is 13.5. The number of rotatable bonds is 4. The summed E-state index contributed by atoms with van der Waals surface area (Å²) in [6.45, 7) is 10.1. The standard InChI is InChI=1S/C12H24ClNO2S/c1-11(2,3)6-7-17(15,16)14-10-8-9(13)12(10,4)5/h9-10,14H,6-8H2,1-5H3. The minimum Gasteiger partial charge on any atom is -0.212 e. The van der Waals surface area contributed by atoms with Crippen LogP contribution in [0.15, 0.2) is 0 Å². The van der Waals surface area contributed by atoms with E-state index in [0.717, 1.165) is 6.42 Å². The Balaban J connectivity index is 2.52. The summed E-state index contributed by atoms with van der Waals surface area (Å²) >= 11 is 6.08. The van der Waals surface area contributed by atoms with Crippen molar-refractivity contribution in [2.24, 2.45) is 10.8 Å². The first-order valence-electron chi connectivity index (χ1n) is 6.08. The van der Waals surface area contributed by atoms with Crippen LogP contribution in [0, 0.1) is 10.8 Å². The van der Waals surface area contributed by atoms with Crippen LogP contribution in [-0.4, -0.2) is 25.6 Å². The predicted molar refractivity (Wildman–Crippen MR) is 72.8 cm³/mol. The van der Waals surface area contributed by atoms with Crippen molar-refractivity contribution in [1.82, 2.24) is 4.72 Å².